The van der Waals surface area contributed by atoms with Crippen molar-refractivity contribution < 1.29 is 9.59 Å². The van der Waals surface area contributed by atoms with Crippen molar-refractivity contribution in [2.45, 2.75) is 13.5 Å². The maximum atomic E-state index is 13.3. The van der Waals surface area contributed by atoms with Crippen LogP contribution in [-0.2, 0) is 16.1 Å². The standard InChI is InChI=1S/C37H30N2O2/c1-3-39-25-32(31-11-7-8-12-33(31)39)35-34(36(40)38(2)37(35)41)30-23-21-29(22-24-30)20-19-28-17-15-27(16-18-28)14-13-26-9-5-4-6-10-26/h4-25H,3H2,1-2H3/b14-13+,20-19+. The van der Waals surface area contributed by atoms with E-state index in [-0.39, 0.29) is 11.8 Å². The van der Waals surface area contributed by atoms with Crippen molar-refractivity contribution in [3.8, 4) is 0 Å². The van der Waals surface area contributed by atoms with Gasteiger partial charge < -0.3 is 4.57 Å². The number of hydrogen-bond donors (Lipinski definition) is 0. The molecule has 0 bridgehead atoms. The number of para-hydroxylation sites is 1. The van der Waals surface area contributed by atoms with Crippen LogP contribution >= 0.6 is 0 Å². The van der Waals surface area contributed by atoms with Crippen molar-refractivity contribution >= 4 is 58.2 Å². The van der Waals surface area contributed by atoms with Gasteiger partial charge >= 0.3 is 0 Å². The summed E-state index contributed by atoms with van der Waals surface area (Å²) in [5.74, 6) is -0.543. The van der Waals surface area contributed by atoms with E-state index in [4.69, 9.17) is 0 Å². The second kappa shape index (κ2) is 11.1. The fourth-order valence-corrected chi connectivity index (χ4v) is 5.29. The second-order valence-electron chi connectivity index (χ2n) is 10.1. The molecule has 6 rings (SSSR count). The van der Waals surface area contributed by atoms with Crippen LogP contribution in [0.15, 0.2) is 109 Å². The van der Waals surface area contributed by atoms with E-state index >= 15 is 0 Å². The topological polar surface area (TPSA) is 42.3 Å². The molecule has 4 heteroatoms. The largest absolute Gasteiger partial charge is 0.347 e. The van der Waals surface area contributed by atoms with Gasteiger partial charge in [0.2, 0.25) is 0 Å². The number of likely N-dealkylation sites (N-methyl/N-ethyl adjacent to an activating group) is 1. The summed E-state index contributed by atoms with van der Waals surface area (Å²) in [7, 11) is 1.55. The van der Waals surface area contributed by atoms with E-state index in [1.807, 2.05) is 72.9 Å². The zero-order valence-electron chi connectivity index (χ0n) is 23.1. The van der Waals surface area contributed by atoms with Gasteiger partial charge in [0.25, 0.3) is 11.8 Å². The molecule has 1 aliphatic heterocycles. The summed E-state index contributed by atoms with van der Waals surface area (Å²) in [6, 6.07) is 34.5. The summed E-state index contributed by atoms with van der Waals surface area (Å²) >= 11 is 0. The van der Waals surface area contributed by atoms with E-state index in [0.29, 0.717) is 11.1 Å². The SMILES string of the molecule is CCn1cc(C2=C(c3ccc(/C=C/c4ccc(/C=C/c5ccccc5)cc4)cc3)C(=O)N(C)C2=O)c2ccccc21. The van der Waals surface area contributed by atoms with Gasteiger partial charge in [-0.3, -0.25) is 14.5 Å². The number of imide groups is 1. The van der Waals surface area contributed by atoms with Crippen molar-refractivity contribution in [3.05, 3.63) is 143 Å². The normalized spacial score (nSPS) is 14.0. The molecule has 1 aliphatic rings. The molecular formula is C37H30N2O2. The summed E-state index contributed by atoms with van der Waals surface area (Å²) in [6.07, 6.45) is 10.3. The maximum absolute atomic E-state index is 13.3. The molecule has 0 unspecified atom stereocenters. The highest BCUT2D eigenvalue weighted by Crippen LogP contribution is 2.38. The summed E-state index contributed by atoms with van der Waals surface area (Å²) < 4.78 is 2.12. The van der Waals surface area contributed by atoms with Gasteiger partial charge in [-0.05, 0) is 40.8 Å². The molecule has 0 N–H and O–H groups in total. The zero-order chi connectivity index (χ0) is 28.3. The van der Waals surface area contributed by atoms with Crippen LogP contribution in [0.25, 0.3) is 46.4 Å². The summed E-state index contributed by atoms with van der Waals surface area (Å²) in [6.45, 7) is 2.85. The minimum atomic E-state index is -0.275. The van der Waals surface area contributed by atoms with Crippen molar-refractivity contribution in [2.24, 2.45) is 0 Å². The summed E-state index contributed by atoms with van der Waals surface area (Å²) in [4.78, 5) is 27.8. The van der Waals surface area contributed by atoms with E-state index in [1.54, 1.807) is 7.05 Å². The van der Waals surface area contributed by atoms with Crippen LogP contribution in [0.4, 0.5) is 0 Å². The lowest BCUT2D eigenvalue weighted by atomic mass is 9.95. The van der Waals surface area contributed by atoms with Crippen LogP contribution in [0.5, 0.6) is 0 Å². The van der Waals surface area contributed by atoms with Gasteiger partial charge in [0.05, 0.1) is 11.1 Å². The quantitative estimate of drug-likeness (QED) is 0.157. The van der Waals surface area contributed by atoms with Gasteiger partial charge in [-0.15, -0.1) is 0 Å². The first-order valence-corrected chi connectivity index (χ1v) is 13.8. The number of rotatable bonds is 7. The Bertz CT molecular complexity index is 1840. The molecule has 0 spiro atoms. The fourth-order valence-electron chi connectivity index (χ4n) is 5.29. The van der Waals surface area contributed by atoms with E-state index in [9.17, 15) is 9.59 Å². The number of fused-ring (bicyclic) bond motifs is 1. The molecule has 200 valence electrons. The molecule has 0 saturated carbocycles. The molecule has 2 amide bonds. The Morgan fingerprint density at radius 2 is 1.07 bits per heavy atom. The van der Waals surface area contributed by atoms with Gasteiger partial charge in [-0.25, -0.2) is 0 Å². The van der Waals surface area contributed by atoms with Crippen LogP contribution < -0.4 is 0 Å². The number of benzene rings is 4. The number of nitrogens with zero attached hydrogens (tertiary/aromatic N) is 2. The number of amides is 2. The highest BCUT2D eigenvalue weighted by Gasteiger charge is 2.38. The molecule has 0 aliphatic carbocycles. The molecule has 0 saturated heterocycles. The molecule has 4 aromatic carbocycles. The Kier molecular flexibility index (Phi) is 7.05. The minimum Gasteiger partial charge on any atom is -0.347 e. The average Bonchev–Trinajstić information content (AvgIpc) is 3.50. The summed E-state index contributed by atoms with van der Waals surface area (Å²) in [5, 5.41) is 0.972. The molecule has 0 radical (unpaired) electrons. The first-order valence-electron chi connectivity index (χ1n) is 13.8. The lowest BCUT2D eigenvalue weighted by molar-refractivity contribution is -0.134. The molecule has 41 heavy (non-hydrogen) atoms. The molecule has 1 aromatic heterocycles. The van der Waals surface area contributed by atoms with Crippen molar-refractivity contribution in [3.63, 3.8) is 0 Å². The molecule has 0 fully saturated rings. The fraction of sp³-hybridized carbons (Fsp3) is 0.0811. The smallest absolute Gasteiger partial charge is 0.261 e. The molecular weight excluding hydrogens is 504 g/mol. The highest BCUT2D eigenvalue weighted by atomic mass is 16.2. The number of carbonyl (C=O) groups excluding carboxylic acids is 2. The lowest BCUT2D eigenvalue weighted by Crippen LogP contribution is -2.26. The first-order chi connectivity index (χ1) is 20.0. The Labute approximate surface area is 240 Å². The number of aromatic nitrogens is 1. The maximum Gasteiger partial charge on any atom is 0.261 e. The predicted molar refractivity (Wildman–Crippen MR) is 169 cm³/mol. The van der Waals surface area contributed by atoms with E-state index in [1.165, 1.54) is 10.5 Å². The van der Waals surface area contributed by atoms with Crippen LogP contribution in [0, 0.1) is 0 Å². The van der Waals surface area contributed by atoms with Gasteiger partial charge in [-0.2, -0.15) is 0 Å². The monoisotopic (exact) mass is 534 g/mol. The van der Waals surface area contributed by atoms with Crippen LogP contribution in [0.3, 0.4) is 0 Å². The minimum absolute atomic E-state index is 0.268. The molecule has 2 heterocycles. The Morgan fingerprint density at radius 1 is 0.585 bits per heavy atom. The van der Waals surface area contributed by atoms with Crippen LogP contribution in [-0.4, -0.2) is 28.3 Å². The summed E-state index contributed by atoms with van der Waals surface area (Å²) in [5.41, 5.74) is 7.92. The van der Waals surface area contributed by atoms with Gasteiger partial charge in [0.15, 0.2) is 0 Å². The van der Waals surface area contributed by atoms with Crippen molar-refractivity contribution in [1.29, 1.82) is 0 Å². The Balaban J connectivity index is 1.26. The van der Waals surface area contributed by atoms with Crippen LogP contribution in [0.1, 0.15) is 40.3 Å². The van der Waals surface area contributed by atoms with Gasteiger partial charge in [0.1, 0.15) is 0 Å². The Hall–Kier alpha value is -5.22. The third kappa shape index (κ3) is 5.08. The zero-order valence-corrected chi connectivity index (χ0v) is 23.1. The second-order valence-corrected chi connectivity index (χ2v) is 10.1. The van der Waals surface area contributed by atoms with Crippen LogP contribution in [0.2, 0.25) is 0 Å². The van der Waals surface area contributed by atoms with E-state index < -0.39 is 0 Å². The van der Waals surface area contributed by atoms with Crippen molar-refractivity contribution in [1.82, 2.24) is 9.47 Å². The molecule has 5 aromatic rings. The molecule has 0 atom stereocenters. The molecule has 4 nitrogen and oxygen atoms in total. The average molecular weight is 535 g/mol. The number of aryl methyl sites for hydroxylation is 1. The lowest BCUT2D eigenvalue weighted by Gasteiger charge is -2.06. The van der Waals surface area contributed by atoms with E-state index in [0.717, 1.165) is 45.3 Å². The third-order valence-electron chi connectivity index (χ3n) is 7.56. The highest BCUT2D eigenvalue weighted by molar-refractivity contribution is 6.49. The van der Waals surface area contributed by atoms with E-state index in [2.05, 4.69) is 72.2 Å². The predicted octanol–water partition coefficient (Wildman–Crippen LogP) is 7.91. The van der Waals surface area contributed by atoms with Gasteiger partial charge in [-0.1, -0.05) is 121 Å². The third-order valence-corrected chi connectivity index (χ3v) is 7.56. The first kappa shape index (κ1) is 26.0. The van der Waals surface area contributed by atoms with Crippen molar-refractivity contribution in [2.75, 3.05) is 7.05 Å². The number of carbonyl (C=O) groups is 2. The Morgan fingerprint density at radius 3 is 1.66 bits per heavy atom. The number of hydrogen-bond acceptors (Lipinski definition) is 2. The van der Waals surface area contributed by atoms with Gasteiger partial charge in [0, 0.05) is 36.3 Å².